The molecule has 0 saturated heterocycles. The van der Waals surface area contributed by atoms with Crippen molar-refractivity contribution >= 4 is 17.8 Å². The Morgan fingerprint density at radius 1 is 0.600 bits per heavy atom. The Balaban J connectivity index is 1.93. The molecule has 0 amide bonds. The molecule has 0 spiro atoms. The van der Waals surface area contributed by atoms with Crippen LogP contribution in [0.15, 0.2) is 78.9 Å². The number of benzene rings is 3. The van der Waals surface area contributed by atoms with Crippen LogP contribution < -0.4 is 15.6 Å². The number of para-hydroxylation sites is 1. The zero-order valence-corrected chi connectivity index (χ0v) is 11.0. The van der Waals surface area contributed by atoms with Crippen molar-refractivity contribution in [3.63, 3.8) is 0 Å². The minimum absolute atomic E-state index is 0.0256. The number of hydrogen-bond donors (Lipinski definition) is 0. The van der Waals surface area contributed by atoms with Gasteiger partial charge in [-0.25, -0.2) is 0 Å². The Morgan fingerprint density at radius 3 is 2.10 bits per heavy atom. The van der Waals surface area contributed by atoms with E-state index in [1.807, 2.05) is 18.2 Å². The summed E-state index contributed by atoms with van der Waals surface area (Å²) in [6.07, 6.45) is 0. The third-order valence-corrected chi connectivity index (χ3v) is 3.77. The summed E-state index contributed by atoms with van der Waals surface area (Å²) in [6, 6.07) is 27.1. The van der Waals surface area contributed by atoms with Crippen molar-refractivity contribution in [1.29, 1.82) is 0 Å². The van der Waals surface area contributed by atoms with Crippen LogP contribution in [0.3, 0.4) is 0 Å². The third kappa shape index (κ3) is 1.73. The van der Waals surface area contributed by atoms with Gasteiger partial charge in [-0.15, -0.1) is 0 Å². The minimum atomic E-state index is -0.0256. The smallest absolute Gasteiger partial charge is 0.427 e. The quantitative estimate of drug-likeness (QED) is 0.608. The molecule has 1 aliphatic rings. The first kappa shape index (κ1) is 11.4. The van der Waals surface area contributed by atoms with Gasteiger partial charge in [0, 0.05) is 5.56 Å². The largest absolute Gasteiger partial charge is 0.551 e. The highest BCUT2D eigenvalue weighted by atomic mass is 16.4. The molecule has 3 aromatic rings. The van der Waals surface area contributed by atoms with Crippen LogP contribution in [-0.4, -0.2) is 6.92 Å². The molecule has 1 nitrogen and oxygen atoms in total. The standard InChI is InChI=1S/C18H13BO/c1-2-8-14(9-3-1)19-17-12-6-4-10-15(17)16-11-5-7-13-18(16)20-19/h1-13H. The molecule has 0 fully saturated rings. The maximum Gasteiger partial charge on any atom is 0.427 e. The van der Waals surface area contributed by atoms with Crippen molar-refractivity contribution in [3.05, 3.63) is 78.9 Å². The van der Waals surface area contributed by atoms with E-state index in [2.05, 4.69) is 60.7 Å². The van der Waals surface area contributed by atoms with Gasteiger partial charge in [0.05, 0.1) is 0 Å². The van der Waals surface area contributed by atoms with Crippen LogP contribution in [0.25, 0.3) is 11.1 Å². The number of hydrogen-bond acceptors (Lipinski definition) is 1. The highest BCUT2D eigenvalue weighted by Gasteiger charge is 2.31. The fourth-order valence-corrected chi connectivity index (χ4v) is 2.83. The number of rotatable bonds is 1. The van der Waals surface area contributed by atoms with Crippen LogP contribution in [0.5, 0.6) is 5.75 Å². The Morgan fingerprint density at radius 2 is 1.25 bits per heavy atom. The molecule has 0 bridgehead atoms. The van der Waals surface area contributed by atoms with Gasteiger partial charge in [0.1, 0.15) is 5.75 Å². The molecule has 3 aromatic carbocycles. The second-order valence-electron chi connectivity index (χ2n) is 4.99. The third-order valence-electron chi connectivity index (χ3n) is 3.77. The average Bonchev–Trinajstić information content (AvgIpc) is 2.55. The fraction of sp³-hybridized carbons (Fsp3) is 0. The summed E-state index contributed by atoms with van der Waals surface area (Å²) in [4.78, 5) is 0. The van der Waals surface area contributed by atoms with E-state index in [0.717, 1.165) is 5.75 Å². The first-order valence-corrected chi connectivity index (χ1v) is 6.83. The maximum absolute atomic E-state index is 6.24. The van der Waals surface area contributed by atoms with Crippen molar-refractivity contribution in [2.75, 3.05) is 0 Å². The Hall–Kier alpha value is -2.48. The molecule has 94 valence electrons. The zero-order chi connectivity index (χ0) is 13.4. The summed E-state index contributed by atoms with van der Waals surface area (Å²) in [5.41, 5.74) is 4.87. The molecule has 0 N–H and O–H groups in total. The molecule has 0 aliphatic carbocycles. The van der Waals surface area contributed by atoms with Crippen molar-refractivity contribution in [2.45, 2.75) is 0 Å². The van der Waals surface area contributed by atoms with E-state index in [0.29, 0.717) is 0 Å². The van der Waals surface area contributed by atoms with Crippen LogP contribution in [-0.2, 0) is 0 Å². The lowest BCUT2D eigenvalue weighted by atomic mass is 9.52. The van der Waals surface area contributed by atoms with Gasteiger partial charge in [-0.2, -0.15) is 0 Å². The Labute approximate surface area is 119 Å². The summed E-state index contributed by atoms with van der Waals surface area (Å²) in [7, 11) is 0. The zero-order valence-electron chi connectivity index (χ0n) is 11.0. The summed E-state index contributed by atoms with van der Waals surface area (Å²) in [5.74, 6) is 0.958. The summed E-state index contributed by atoms with van der Waals surface area (Å²) in [5, 5.41) is 0. The van der Waals surface area contributed by atoms with Crippen molar-refractivity contribution < 1.29 is 4.65 Å². The second-order valence-corrected chi connectivity index (χ2v) is 4.99. The SMILES string of the molecule is c1ccc(B2Oc3ccccc3-c3ccccc32)cc1. The molecular weight excluding hydrogens is 243 g/mol. The number of fused-ring (bicyclic) bond motifs is 3. The molecule has 0 atom stereocenters. The van der Waals surface area contributed by atoms with E-state index in [1.165, 1.54) is 22.1 Å². The predicted octanol–water partition coefficient (Wildman–Crippen LogP) is 2.85. The lowest BCUT2D eigenvalue weighted by molar-refractivity contribution is 0.590. The highest BCUT2D eigenvalue weighted by Crippen LogP contribution is 2.32. The van der Waals surface area contributed by atoms with Crippen molar-refractivity contribution in [2.24, 2.45) is 0 Å². The van der Waals surface area contributed by atoms with E-state index < -0.39 is 0 Å². The van der Waals surface area contributed by atoms with Gasteiger partial charge in [-0.1, -0.05) is 72.8 Å². The monoisotopic (exact) mass is 256 g/mol. The van der Waals surface area contributed by atoms with Crippen LogP contribution in [0.4, 0.5) is 0 Å². The summed E-state index contributed by atoms with van der Waals surface area (Å²) in [6.45, 7) is -0.0256. The van der Waals surface area contributed by atoms with Crippen molar-refractivity contribution in [1.82, 2.24) is 0 Å². The van der Waals surface area contributed by atoms with Crippen molar-refractivity contribution in [3.8, 4) is 16.9 Å². The van der Waals surface area contributed by atoms with Gasteiger partial charge in [0.2, 0.25) is 0 Å². The first-order chi connectivity index (χ1) is 9.93. The molecule has 1 aliphatic heterocycles. The van der Waals surface area contributed by atoms with E-state index in [4.69, 9.17) is 4.65 Å². The maximum atomic E-state index is 6.24. The van der Waals surface area contributed by atoms with Gasteiger partial charge in [0.25, 0.3) is 0 Å². The summed E-state index contributed by atoms with van der Waals surface area (Å²) >= 11 is 0. The van der Waals surface area contributed by atoms with Gasteiger partial charge < -0.3 is 4.65 Å². The van der Waals surface area contributed by atoms with Gasteiger partial charge >= 0.3 is 6.92 Å². The normalized spacial score (nSPS) is 12.3. The van der Waals surface area contributed by atoms with E-state index in [9.17, 15) is 0 Å². The fourth-order valence-electron chi connectivity index (χ4n) is 2.83. The minimum Gasteiger partial charge on any atom is -0.551 e. The molecule has 4 rings (SSSR count). The van der Waals surface area contributed by atoms with Crippen LogP contribution >= 0.6 is 0 Å². The molecule has 0 saturated carbocycles. The van der Waals surface area contributed by atoms with Gasteiger partial charge in [-0.05, 0) is 22.6 Å². The molecule has 0 radical (unpaired) electrons. The summed E-state index contributed by atoms with van der Waals surface area (Å²) < 4.78 is 6.24. The predicted molar refractivity (Wildman–Crippen MR) is 84.0 cm³/mol. The molecule has 2 heteroatoms. The molecule has 0 aromatic heterocycles. The van der Waals surface area contributed by atoms with E-state index >= 15 is 0 Å². The van der Waals surface area contributed by atoms with Crippen LogP contribution in [0, 0.1) is 0 Å². The first-order valence-electron chi connectivity index (χ1n) is 6.83. The van der Waals surface area contributed by atoms with Crippen LogP contribution in [0.1, 0.15) is 0 Å². The lowest BCUT2D eigenvalue weighted by Crippen LogP contribution is -2.50. The molecule has 1 heterocycles. The van der Waals surface area contributed by atoms with E-state index in [1.54, 1.807) is 0 Å². The average molecular weight is 256 g/mol. The Bertz CT molecular complexity index is 752. The molecular formula is C18H13BO. The van der Waals surface area contributed by atoms with Gasteiger partial charge in [-0.3, -0.25) is 0 Å². The highest BCUT2D eigenvalue weighted by molar-refractivity contribution is 6.82. The van der Waals surface area contributed by atoms with Crippen LogP contribution in [0.2, 0.25) is 0 Å². The molecule has 20 heavy (non-hydrogen) atoms. The topological polar surface area (TPSA) is 9.23 Å². The Kier molecular flexibility index (Phi) is 2.60. The van der Waals surface area contributed by atoms with E-state index in [-0.39, 0.29) is 6.92 Å². The molecule has 0 unspecified atom stereocenters. The second kappa shape index (κ2) is 4.57. The van der Waals surface area contributed by atoms with Gasteiger partial charge in [0.15, 0.2) is 0 Å². The lowest BCUT2D eigenvalue weighted by Gasteiger charge is -2.26.